The first-order valence-corrected chi connectivity index (χ1v) is 8.60. The molecular formula is C19H20N4O5. The highest BCUT2D eigenvalue weighted by Crippen LogP contribution is 2.25. The standard InChI is InChI=1S/C19H20N4O5/c1-4-28-17(25)12-6-7-13-15(9-12)23(18(21-13)22-19(26)27-3)10-14-16(24)8-5-11(2)20-14/h5-9,24H,4,10H2,1-3H3,(H,21,22,26). The lowest BCUT2D eigenvalue weighted by Crippen LogP contribution is -2.16. The first-order valence-electron chi connectivity index (χ1n) is 8.60. The Morgan fingerprint density at radius 2 is 2.00 bits per heavy atom. The predicted octanol–water partition coefficient (Wildman–Crippen LogP) is 2.85. The van der Waals surface area contributed by atoms with E-state index in [0.717, 1.165) is 5.69 Å². The largest absolute Gasteiger partial charge is 0.506 e. The molecule has 9 nitrogen and oxygen atoms in total. The van der Waals surface area contributed by atoms with Crippen molar-refractivity contribution in [2.75, 3.05) is 19.0 Å². The lowest BCUT2D eigenvalue weighted by molar-refractivity contribution is 0.0526. The van der Waals surface area contributed by atoms with Crippen molar-refractivity contribution in [3.05, 3.63) is 47.3 Å². The average Bonchev–Trinajstić information content (AvgIpc) is 3.01. The summed E-state index contributed by atoms with van der Waals surface area (Å²) >= 11 is 0. The molecule has 3 aromatic rings. The van der Waals surface area contributed by atoms with Crippen LogP contribution in [-0.2, 0) is 16.0 Å². The lowest BCUT2D eigenvalue weighted by Gasteiger charge is -2.11. The van der Waals surface area contributed by atoms with Crippen molar-refractivity contribution >= 4 is 29.0 Å². The van der Waals surface area contributed by atoms with Gasteiger partial charge < -0.3 is 19.1 Å². The minimum Gasteiger partial charge on any atom is -0.506 e. The van der Waals surface area contributed by atoms with E-state index in [1.165, 1.54) is 7.11 Å². The van der Waals surface area contributed by atoms with Gasteiger partial charge in [-0.15, -0.1) is 0 Å². The van der Waals surface area contributed by atoms with Crippen LogP contribution in [0.1, 0.15) is 28.7 Å². The van der Waals surface area contributed by atoms with Gasteiger partial charge >= 0.3 is 12.1 Å². The van der Waals surface area contributed by atoms with Gasteiger partial charge in [0, 0.05) is 5.69 Å². The number of hydrogen-bond acceptors (Lipinski definition) is 7. The van der Waals surface area contributed by atoms with Crippen LogP contribution in [-0.4, -0.2) is 45.4 Å². The van der Waals surface area contributed by atoms with E-state index in [-0.39, 0.29) is 24.8 Å². The van der Waals surface area contributed by atoms with Crippen LogP contribution in [0.5, 0.6) is 5.75 Å². The zero-order chi connectivity index (χ0) is 20.3. The summed E-state index contributed by atoms with van der Waals surface area (Å²) < 4.78 is 11.3. The molecule has 0 spiro atoms. The van der Waals surface area contributed by atoms with Crippen LogP contribution in [0.3, 0.4) is 0 Å². The molecule has 146 valence electrons. The summed E-state index contributed by atoms with van der Waals surface area (Å²) in [4.78, 5) is 32.5. The molecule has 9 heteroatoms. The van der Waals surface area contributed by atoms with Crippen LogP contribution in [0.15, 0.2) is 30.3 Å². The van der Waals surface area contributed by atoms with Crippen LogP contribution in [0.4, 0.5) is 10.7 Å². The van der Waals surface area contributed by atoms with Crippen LogP contribution in [0.2, 0.25) is 0 Å². The third-order valence-electron chi connectivity index (χ3n) is 4.06. The number of nitrogens with one attached hydrogen (secondary N) is 1. The third-order valence-corrected chi connectivity index (χ3v) is 4.06. The Kier molecular flexibility index (Phi) is 5.44. The Morgan fingerprint density at radius 1 is 1.21 bits per heavy atom. The van der Waals surface area contributed by atoms with Gasteiger partial charge in [0.1, 0.15) is 11.4 Å². The number of imidazole rings is 1. The maximum absolute atomic E-state index is 12.1. The van der Waals surface area contributed by atoms with E-state index < -0.39 is 12.1 Å². The fourth-order valence-corrected chi connectivity index (χ4v) is 2.73. The highest BCUT2D eigenvalue weighted by molar-refractivity contribution is 5.95. The summed E-state index contributed by atoms with van der Waals surface area (Å²) in [6.45, 7) is 3.91. The van der Waals surface area contributed by atoms with Gasteiger partial charge in [-0.3, -0.25) is 10.3 Å². The van der Waals surface area contributed by atoms with Gasteiger partial charge in [0.2, 0.25) is 5.95 Å². The minimum atomic E-state index is -0.691. The molecule has 0 aliphatic rings. The molecule has 0 radical (unpaired) electrons. The van der Waals surface area contributed by atoms with Gasteiger partial charge in [-0.25, -0.2) is 14.6 Å². The van der Waals surface area contributed by atoms with Crippen molar-refractivity contribution in [1.29, 1.82) is 0 Å². The second-order valence-corrected chi connectivity index (χ2v) is 5.98. The number of benzene rings is 1. The Morgan fingerprint density at radius 3 is 2.71 bits per heavy atom. The highest BCUT2D eigenvalue weighted by Gasteiger charge is 2.18. The number of aromatic hydroxyl groups is 1. The Hall–Kier alpha value is -3.62. The van der Waals surface area contributed by atoms with Crippen molar-refractivity contribution in [3.8, 4) is 5.75 Å². The zero-order valence-electron chi connectivity index (χ0n) is 15.7. The SMILES string of the molecule is CCOC(=O)c1ccc2nc(NC(=O)OC)n(Cc3nc(C)ccc3O)c2c1. The second-order valence-electron chi connectivity index (χ2n) is 5.98. The van der Waals surface area contributed by atoms with Crippen LogP contribution >= 0.6 is 0 Å². The summed E-state index contributed by atoms with van der Waals surface area (Å²) in [6, 6.07) is 8.12. The highest BCUT2D eigenvalue weighted by atomic mass is 16.5. The van der Waals surface area contributed by atoms with E-state index in [1.807, 2.05) is 0 Å². The molecule has 28 heavy (non-hydrogen) atoms. The van der Waals surface area contributed by atoms with E-state index in [4.69, 9.17) is 4.74 Å². The molecule has 0 saturated carbocycles. The van der Waals surface area contributed by atoms with Crippen molar-refractivity contribution < 1.29 is 24.2 Å². The van der Waals surface area contributed by atoms with Gasteiger partial charge in [-0.2, -0.15) is 0 Å². The van der Waals surface area contributed by atoms with Crippen LogP contribution in [0, 0.1) is 6.92 Å². The number of rotatable bonds is 5. The molecule has 0 unspecified atom stereocenters. The number of amides is 1. The maximum atomic E-state index is 12.1. The topological polar surface area (TPSA) is 116 Å². The van der Waals surface area contributed by atoms with E-state index >= 15 is 0 Å². The number of carbonyl (C=O) groups excluding carboxylic acids is 2. The fourth-order valence-electron chi connectivity index (χ4n) is 2.73. The quantitative estimate of drug-likeness (QED) is 0.650. The lowest BCUT2D eigenvalue weighted by atomic mass is 10.2. The van der Waals surface area contributed by atoms with Crippen LogP contribution < -0.4 is 5.32 Å². The first-order chi connectivity index (χ1) is 13.4. The Labute approximate surface area is 160 Å². The van der Waals surface area contributed by atoms with Crippen molar-refractivity contribution in [1.82, 2.24) is 14.5 Å². The number of hydrogen-bond donors (Lipinski definition) is 2. The molecule has 0 aliphatic heterocycles. The Bertz CT molecular complexity index is 1040. The number of fused-ring (bicyclic) bond motifs is 1. The number of ether oxygens (including phenoxy) is 2. The average molecular weight is 384 g/mol. The number of pyridine rings is 1. The monoisotopic (exact) mass is 384 g/mol. The number of methoxy groups -OCH3 is 1. The normalized spacial score (nSPS) is 10.7. The number of carbonyl (C=O) groups is 2. The molecule has 0 fully saturated rings. The molecule has 2 heterocycles. The molecule has 1 aromatic carbocycles. The minimum absolute atomic E-state index is 0.0121. The fraction of sp³-hybridized carbons (Fsp3) is 0.263. The van der Waals surface area contributed by atoms with Crippen molar-refractivity contribution in [2.45, 2.75) is 20.4 Å². The van der Waals surface area contributed by atoms with Gasteiger partial charge in [0.15, 0.2) is 0 Å². The van der Waals surface area contributed by atoms with Crippen molar-refractivity contribution in [2.24, 2.45) is 0 Å². The first kappa shape index (κ1) is 19.2. The molecule has 2 aromatic heterocycles. The molecule has 0 bridgehead atoms. The van der Waals surface area contributed by atoms with Gasteiger partial charge in [0.05, 0.1) is 36.9 Å². The Balaban J connectivity index is 2.12. The van der Waals surface area contributed by atoms with E-state index in [9.17, 15) is 14.7 Å². The molecule has 3 rings (SSSR count). The summed E-state index contributed by atoms with van der Waals surface area (Å²) in [5.41, 5.74) is 2.59. The summed E-state index contributed by atoms with van der Waals surface area (Å²) in [5.74, 6) is -0.250. The molecule has 0 aliphatic carbocycles. The molecule has 0 atom stereocenters. The number of esters is 1. The van der Waals surface area contributed by atoms with E-state index in [2.05, 4.69) is 20.0 Å². The number of aryl methyl sites for hydroxylation is 1. The van der Waals surface area contributed by atoms with Gasteiger partial charge in [-0.05, 0) is 44.2 Å². The maximum Gasteiger partial charge on any atom is 0.413 e. The van der Waals surface area contributed by atoms with Crippen LogP contribution in [0.25, 0.3) is 11.0 Å². The molecule has 0 saturated heterocycles. The number of aromatic nitrogens is 3. The summed E-state index contributed by atoms with van der Waals surface area (Å²) in [5, 5.41) is 12.7. The number of anilines is 1. The van der Waals surface area contributed by atoms with E-state index in [1.54, 1.807) is 48.7 Å². The van der Waals surface area contributed by atoms with Gasteiger partial charge in [-0.1, -0.05) is 0 Å². The van der Waals surface area contributed by atoms with E-state index in [0.29, 0.717) is 22.3 Å². The smallest absolute Gasteiger partial charge is 0.413 e. The summed E-state index contributed by atoms with van der Waals surface area (Å²) in [6.07, 6.45) is -0.691. The number of nitrogens with zero attached hydrogens (tertiary/aromatic N) is 3. The third kappa shape index (κ3) is 3.88. The predicted molar refractivity (Wildman–Crippen MR) is 101 cm³/mol. The van der Waals surface area contributed by atoms with Gasteiger partial charge in [0.25, 0.3) is 0 Å². The summed E-state index contributed by atoms with van der Waals surface area (Å²) in [7, 11) is 1.25. The van der Waals surface area contributed by atoms with Crippen molar-refractivity contribution in [3.63, 3.8) is 0 Å². The molecular weight excluding hydrogens is 364 g/mol. The molecule has 1 amide bonds. The molecule has 2 N–H and O–H groups in total. The zero-order valence-corrected chi connectivity index (χ0v) is 15.7. The second kappa shape index (κ2) is 7.95.